The van der Waals surface area contributed by atoms with Crippen LogP contribution in [-0.4, -0.2) is 43.7 Å². The van der Waals surface area contributed by atoms with Crippen molar-refractivity contribution in [1.29, 1.82) is 0 Å². The molecule has 0 saturated carbocycles. The molecule has 1 rings (SSSR count). The van der Waals surface area contributed by atoms with E-state index in [1.54, 1.807) is 7.11 Å². The van der Waals surface area contributed by atoms with E-state index >= 15 is 0 Å². The maximum Gasteiger partial charge on any atom is 0.222 e. The second kappa shape index (κ2) is 6.86. The third-order valence-electron chi connectivity index (χ3n) is 3.18. The van der Waals surface area contributed by atoms with Gasteiger partial charge in [0.25, 0.3) is 0 Å². The molecule has 0 radical (unpaired) electrons. The first-order valence-corrected chi connectivity index (χ1v) is 6.15. The van der Waals surface area contributed by atoms with Crippen LogP contribution in [0.25, 0.3) is 0 Å². The van der Waals surface area contributed by atoms with Crippen molar-refractivity contribution in [1.82, 2.24) is 4.90 Å². The van der Waals surface area contributed by atoms with E-state index in [1.807, 2.05) is 11.8 Å². The van der Waals surface area contributed by atoms with E-state index in [0.29, 0.717) is 12.3 Å². The summed E-state index contributed by atoms with van der Waals surface area (Å²) in [5.41, 5.74) is 5.64. The predicted octanol–water partition coefficient (Wildman–Crippen LogP) is 0.999. The lowest BCUT2D eigenvalue weighted by atomic mass is 9.97. The third kappa shape index (κ3) is 4.49. The molecule has 0 spiro atoms. The molecule has 1 atom stereocenters. The Bertz CT molecular complexity index is 211. The van der Waals surface area contributed by atoms with Gasteiger partial charge >= 0.3 is 0 Å². The Kier molecular flexibility index (Phi) is 5.77. The summed E-state index contributed by atoms with van der Waals surface area (Å²) < 4.78 is 5.14. The zero-order valence-electron chi connectivity index (χ0n) is 10.4. The third-order valence-corrected chi connectivity index (χ3v) is 3.18. The molecule has 1 saturated heterocycles. The number of nitrogens with two attached hydrogens (primary N) is 1. The molecule has 1 fully saturated rings. The van der Waals surface area contributed by atoms with Crippen molar-refractivity contribution >= 4 is 5.91 Å². The van der Waals surface area contributed by atoms with Gasteiger partial charge in [-0.1, -0.05) is 0 Å². The lowest BCUT2D eigenvalue weighted by molar-refractivity contribution is -0.133. The maximum absolute atomic E-state index is 11.8. The van der Waals surface area contributed by atoms with E-state index in [1.165, 1.54) is 0 Å². The second-order valence-electron chi connectivity index (χ2n) is 4.80. The van der Waals surface area contributed by atoms with Crippen LogP contribution in [0.5, 0.6) is 0 Å². The summed E-state index contributed by atoms with van der Waals surface area (Å²) in [5, 5.41) is 0. The highest BCUT2D eigenvalue weighted by Crippen LogP contribution is 2.18. The summed E-state index contributed by atoms with van der Waals surface area (Å²) in [6.45, 7) is 4.53. The van der Waals surface area contributed by atoms with Gasteiger partial charge in [0.05, 0.1) is 0 Å². The molecule has 1 aliphatic rings. The van der Waals surface area contributed by atoms with E-state index in [4.69, 9.17) is 10.5 Å². The Hall–Kier alpha value is -0.610. The number of rotatable bonds is 5. The molecule has 16 heavy (non-hydrogen) atoms. The number of carbonyl (C=O) groups excluding carboxylic acids is 1. The van der Waals surface area contributed by atoms with E-state index in [0.717, 1.165) is 39.0 Å². The Balaban J connectivity index is 2.22. The molecular formula is C12H24N2O2. The molecule has 0 bridgehead atoms. The molecule has 0 aromatic rings. The maximum atomic E-state index is 11.8. The molecule has 1 heterocycles. The van der Waals surface area contributed by atoms with Crippen LogP contribution in [0.2, 0.25) is 0 Å². The Morgan fingerprint density at radius 3 is 2.62 bits per heavy atom. The van der Waals surface area contributed by atoms with Gasteiger partial charge in [-0.25, -0.2) is 0 Å². The first-order chi connectivity index (χ1) is 7.63. The number of amides is 1. The van der Waals surface area contributed by atoms with Gasteiger partial charge in [0.2, 0.25) is 5.91 Å². The van der Waals surface area contributed by atoms with Crippen molar-refractivity contribution in [3.05, 3.63) is 0 Å². The van der Waals surface area contributed by atoms with Crippen molar-refractivity contribution in [2.45, 2.75) is 38.6 Å². The minimum Gasteiger partial charge on any atom is -0.384 e. The van der Waals surface area contributed by atoms with Crippen LogP contribution >= 0.6 is 0 Å². The van der Waals surface area contributed by atoms with Crippen LogP contribution in [0.3, 0.4) is 0 Å². The fourth-order valence-electron chi connectivity index (χ4n) is 2.09. The summed E-state index contributed by atoms with van der Waals surface area (Å²) >= 11 is 0. The number of ether oxygens (including phenoxy) is 1. The first kappa shape index (κ1) is 13.5. The van der Waals surface area contributed by atoms with Gasteiger partial charge in [-0.15, -0.1) is 0 Å². The van der Waals surface area contributed by atoms with Gasteiger partial charge in [-0.2, -0.15) is 0 Å². The fraction of sp³-hybridized carbons (Fsp3) is 0.917. The lowest BCUT2D eigenvalue weighted by Crippen LogP contribution is -2.39. The van der Waals surface area contributed by atoms with Crippen molar-refractivity contribution in [2.75, 3.05) is 26.8 Å². The minimum atomic E-state index is 0.120. The molecule has 1 amide bonds. The molecule has 0 aromatic heterocycles. The number of piperidine rings is 1. The van der Waals surface area contributed by atoms with E-state index in [-0.39, 0.29) is 11.9 Å². The average molecular weight is 228 g/mol. The highest BCUT2D eigenvalue weighted by molar-refractivity contribution is 5.76. The Labute approximate surface area is 98.1 Å². The predicted molar refractivity (Wildman–Crippen MR) is 64.1 cm³/mol. The quantitative estimate of drug-likeness (QED) is 0.763. The average Bonchev–Trinajstić information content (AvgIpc) is 2.27. The van der Waals surface area contributed by atoms with Crippen LogP contribution in [0.4, 0.5) is 0 Å². The van der Waals surface area contributed by atoms with Crippen molar-refractivity contribution in [3.8, 4) is 0 Å². The molecule has 0 aromatic carbocycles. The smallest absolute Gasteiger partial charge is 0.222 e. The fourth-order valence-corrected chi connectivity index (χ4v) is 2.09. The molecule has 1 aliphatic heterocycles. The number of methoxy groups -OCH3 is 1. The van der Waals surface area contributed by atoms with Crippen molar-refractivity contribution in [2.24, 2.45) is 11.7 Å². The Morgan fingerprint density at radius 2 is 2.12 bits per heavy atom. The SMILES string of the molecule is COCC1CCN(C(=O)CCC(C)N)CC1. The molecule has 4 heteroatoms. The van der Waals surface area contributed by atoms with Gasteiger partial charge in [-0.3, -0.25) is 4.79 Å². The molecule has 94 valence electrons. The summed E-state index contributed by atoms with van der Waals surface area (Å²) in [6.07, 6.45) is 3.51. The van der Waals surface area contributed by atoms with Gasteiger partial charge in [-0.05, 0) is 32.1 Å². The normalized spacial score (nSPS) is 19.8. The summed E-state index contributed by atoms with van der Waals surface area (Å²) in [5.74, 6) is 0.885. The van der Waals surface area contributed by atoms with Crippen LogP contribution in [-0.2, 0) is 9.53 Å². The molecule has 0 aliphatic carbocycles. The summed E-state index contributed by atoms with van der Waals surface area (Å²) in [4.78, 5) is 13.8. The number of hydrogen-bond donors (Lipinski definition) is 1. The van der Waals surface area contributed by atoms with Gasteiger partial charge in [0.15, 0.2) is 0 Å². The number of hydrogen-bond acceptors (Lipinski definition) is 3. The number of carbonyl (C=O) groups is 1. The van der Waals surface area contributed by atoms with Crippen molar-refractivity contribution < 1.29 is 9.53 Å². The van der Waals surface area contributed by atoms with E-state index in [9.17, 15) is 4.79 Å². The van der Waals surface area contributed by atoms with Gasteiger partial charge < -0.3 is 15.4 Å². The molecule has 1 unspecified atom stereocenters. The van der Waals surface area contributed by atoms with E-state index < -0.39 is 0 Å². The van der Waals surface area contributed by atoms with Crippen LogP contribution in [0.1, 0.15) is 32.6 Å². The van der Waals surface area contributed by atoms with Crippen LogP contribution < -0.4 is 5.73 Å². The molecular weight excluding hydrogens is 204 g/mol. The lowest BCUT2D eigenvalue weighted by Gasteiger charge is -2.31. The van der Waals surface area contributed by atoms with E-state index in [2.05, 4.69) is 0 Å². The van der Waals surface area contributed by atoms with Crippen molar-refractivity contribution in [3.63, 3.8) is 0 Å². The molecule has 4 nitrogen and oxygen atoms in total. The monoisotopic (exact) mass is 228 g/mol. The highest BCUT2D eigenvalue weighted by atomic mass is 16.5. The largest absolute Gasteiger partial charge is 0.384 e. The van der Waals surface area contributed by atoms with Crippen LogP contribution in [0.15, 0.2) is 0 Å². The zero-order valence-corrected chi connectivity index (χ0v) is 10.4. The van der Waals surface area contributed by atoms with Gasteiger partial charge in [0.1, 0.15) is 0 Å². The molecule has 2 N–H and O–H groups in total. The van der Waals surface area contributed by atoms with Gasteiger partial charge in [0, 0.05) is 39.3 Å². The Morgan fingerprint density at radius 1 is 1.50 bits per heavy atom. The summed E-state index contributed by atoms with van der Waals surface area (Å²) in [7, 11) is 1.74. The number of likely N-dealkylation sites (tertiary alicyclic amines) is 1. The topological polar surface area (TPSA) is 55.6 Å². The number of nitrogens with zero attached hydrogens (tertiary/aromatic N) is 1. The van der Waals surface area contributed by atoms with Crippen LogP contribution in [0, 0.1) is 5.92 Å². The zero-order chi connectivity index (χ0) is 12.0. The minimum absolute atomic E-state index is 0.120. The standard InChI is InChI=1S/C12H24N2O2/c1-10(13)3-4-12(15)14-7-5-11(6-8-14)9-16-2/h10-11H,3-9,13H2,1-2H3. The summed E-state index contributed by atoms with van der Waals surface area (Å²) in [6, 6.07) is 0.120. The first-order valence-electron chi connectivity index (χ1n) is 6.15. The second-order valence-corrected chi connectivity index (χ2v) is 4.80. The highest BCUT2D eigenvalue weighted by Gasteiger charge is 2.22.